The van der Waals surface area contributed by atoms with Crippen molar-refractivity contribution in [1.82, 2.24) is 4.98 Å². The molecule has 0 aliphatic carbocycles. The average Bonchev–Trinajstić information content (AvgIpc) is 3.02. The quantitative estimate of drug-likeness (QED) is 0.852. The van der Waals surface area contributed by atoms with Crippen molar-refractivity contribution in [2.24, 2.45) is 0 Å². The van der Waals surface area contributed by atoms with Crippen LogP contribution in [0, 0.1) is 0 Å². The molecule has 0 radical (unpaired) electrons. The zero-order valence-corrected chi connectivity index (χ0v) is 14.5. The van der Waals surface area contributed by atoms with Crippen LogP contribution in [0.1, 0.15) is 12.8 Å². The van der Waals surface area contributed by atoms with E-state index in [4.69, 9.17) is 4.74 Å². The Labute approximate surface area is 148 Å². The van der Waals surface area contributed by atoms with Gasteiger partial charge in [-0.3, -0.25) is 9.59 Å². The third kappa shape index (κ3) is 4.11. The fourth-order valence-electron chi connectivity index (χ4n) is 2.42. The number of carbonyl (C=O) groups is 2. The van der Waals surface area contributed by atoms with Gasteiger partial charge in [0.25, 0.3) is 5.91 Å². The van der Waals surface area contributed by atoms with Crippen molar-refractivity contribution >= 4 is 39.2 Å². The summed E-state index contributed by atoms with van der Waals surface area (Å²) in [6.45, 7) is 0.640. The fraction of sp³-hybridized carbons (Fsp3) is 0.235. The lowest BCUT2D eigenvalue weighted by Gasteiger charge is -2.16. The van der Waals surface area contributed by atoms with E-state index in [0.717, 1.165) is 23.1 Å². The van der Waals surface area contributed by atoms with Gasteiger partial charge in [0, 0.05) is 29.3 Å². The summed E-state index contributed by atoms with van der Waals surface area (Å²) >= 11 is 3.28. The third-order valence-electron chi connectivity index (χ3n) is 3.59. The molecule has 1 aromatic heterocycles. The molecule has 0 bridgehead atoms. The maximum Gasteiger partial charge on any atom is 0.263 e. The van der Waals surface area contributed by atoms with Crippen LogP contribution in [-0.2, 0) is 9.59 Å². The first kappa shape index (κ1) is 16.4. The minimum Gasteiger partial charge on any atom is -0.484 e. The molecular weight excluding hydrogens is 374 g/mol. The Kier molecular flexibility index (Phi) is 5.10. The number of benzene rings is 1. The molecule has 6 nitrogen and oxygen atoms in total. The van der Waals surface area contributed by atoms with Gasteiger partial charge in [0.2, 0.25) is 5.91 Å². The van der Waals surface area contributed by atoms with Gasteiger partial charge < -0.3 is 15.0 Å². The first-order valence-corrected chi connectivity index (χ1v) is 8.36. The third-order valence-corrected chi connectivity index (χ3v) is 4.06. The van der Waals surface area contributed by atoms with Crippen molar-refractivity contribution in [2.45, 2.75) is 12.8 Å². The predicted octanol–water partition coefficient (Wildman–Crippen LogP) is 2.99. The Morgan fingerprint density at radius 3 is 2.67 bits per heavy atom. The molecule has 1 fully saturated rings. The molecule has 1 saturated heterocycles. The summed E-state index contributed by atoms with van der Waals surface area (Å²) in [5.74, 6) is 0.896. The van der Waals surface area contributed by atoms with E-state index in [-0.39, 0.29) is 18.4 Å². The number of amides is 2. The maximum absolute atomic E-state index is 11.8. The number of rotatable bonds is 5. The minimum atomic E-state index is -0.288. The number of nitrogens with zero attached hydrogens (tertiary/aromatic N) is 2. The van der Waals surface area contributed by atoms with Crippen LogP contribution < -0.4 is 15.0 Å². The van der Waals surface area contributed by atoms with Crippen LogP contribution in [0.2, 0.25) is 0 Å². The van der Waals surface area contributed by atoms with E-state index < -0.39 is 0 Å². The number of carbonyl (C=O) groups excluding carboxylic acids is 2. The van der Waals surface area contributed by atoms with Crippen LogP contribution >= 0.6 is 15.9 Å². The van der Waals surface area contributed by atoms with Gasteiger partial charge in [-0.1, -0.05) is 0 Å². The van der Waals surface area contributed by atoms with E-state index in [1.54, 1.807) is 35.4 Å². The number of halogens is 1. The highest BCUT2D eigenvalue weighted by atomic mass is 79.9. The smallest absolute Gasteiger partial charge is 0.263 e. The molecule has 24 heavy (non-hydrogen) atoms. The Balaban J connectivity index is 1.51. The highest BCUT2D eigenvalue weighted by Gasteiger charge is 2.21. The number of ether oxygens (including phenoxy) is 1. The molecule has 7 heteroatoms. The average molecular weight is 390 g/mol. The Morgan fingerprint density at radius 2 is 2.04 bits per heavy atom. The molecule has 124 valence electrons. The summed E-state index contributed by atoms with van der Waals surface area (Å²) in [4.78, 5) is 29.4. The van der Waals surface area contributed by atoms with Crippen molar-refractivity contribution in [3.05, 3.63) is 47.1 Å². The molecule has 2 heterocycles. The monoisotopic (exact) mass is 389 g/mol. The van der Waals surface area contributed by atoms with E-state index in [1.165, 1.54) is 0 Å². The second-order valence-corrected chi connectivity index (χ2v) is 6.26. The number of hydrogen-bond donors (Lipinski definition) is 1. The van der Waals surface area contributed by atoms with E-state index in [2.05, 4.69) is 26.2 Å². The molecular formula is C17H16BrN3O3. The second-order valence-electron chi connectivity index (χ2n) is 5.34. The van der Waals surface area contributed by atoms with Crippen molar-refractivity contribution in [3.8, 4) is 5.75 Å². The van der Waals surface area contributed by atoms with Gasteiger partial charge >= 0.3 is 0 Å². The Bertz CT molecular complexity index is 732. The lowest BCUT2D eigenvalue weighted by Crippen LogP contribution is -2.23. The van der Waals surface area contributed by atoms with Crippen molar-refractivity contribution in [2.75, 3.05) is 23.4 Å². The van der Waals surface area contributed by atoms with Gasteiger partial charge in [-0.25, -0.2) is 4.98 Å². The summed E-state index contributed by atoms with van der Waals surface area (Å²) in [5.41, 5.74) is 0.855. The molecule has 0 unspecified atom stereocenters. The largest absolute Gasteiger partial charge is 0.484 e. The number of nitrogens with one attached hydrogen (secondary N) is 1. The molecule has 1 aromatic carbocycles. The molecule has 1 aliphatic rings. The molecule has 2 aromatic rings. The molecule has 0 spiro atoms. The van der Waals surface area contributed by atoms with Crippen LogP contribution in [0.15, 0.2) is 47.1 Å². The Morgan fingerprint density at radius 1 is 1.25 bits per heavy atom. The number of anilines is 2. The minimum absolute atomic E-state index is 0.111. The van der Waals surface area contributed by atoms with E-state index >= 15 is 0 Å². The molecule has 3 rings (SSSR count). The van der Waals surface area contributed by atoms with Crippen molar-refractivity contribution < 1.29 is 14.3 Å². The standard InChI is InChI=1S/C17H16BrN3O3/c18-12-3-8-15(19-10-12)20-16(22)11-24-14-6-4-13(5-7-14)21-9-1-2-17(21)23/h3-8,10H,1-2,9,11H2,(H,19,20,22). The predicted molar refractivity (Wildman–Crippen MR) is 94.1 cm³/mol. The number of aromatic nitrogens is 1. The highest BCUT2D eigenvalue weighted by molar-refractivity contribution is 9.10. The molecule has 0 atom stereocenters. The normalized spacial score (nSPS) is 13.9. The van der Waals surface area contributed by atoms with Gasteiger partial charge in [-0.2, -0.15) is 0 Å². The van der Waals surface area contributed by atoms with Crippen LogP contribution in [0.5, 0.6) is 5.75 Å². The fourth-order valence-corrected chi connectivity index (χ4v) is 2.66. The maximum atomic E-state index is 11.8. The molecule has 1 N–H and O–H groups in total. The number of hydrogen-bond acceptors (Lipinski definition) is 4. The zero-order valence-electron chi connectivity index (χ0n) is 12.9. The van der Waals surface area contributed by atoms with Gasteiger partial charge in [-0.05, 0) is 58.7 Å². The molecule has 1 aliphatic heterocycles. The number of pyridine rings is 1. The lowest BCUT2D eigenvalue weighted by molar-refractivity contribution is -0.118. The first-order chi connectivity index (χ1) is 11.6. The summed E-state index contributed by atoms with van der Waals surface area (Å²) in [6.07, 6.45) is 3.10. The summed E-state index contributed by atoms with van der Waals surface area (Å²) in [7, 11) is 0. The highest BCUT2D eigenvalue weighted by Crippen LogP contribution is 2.23. The van der Waals surface area contributed by atoms with Crippen molar-refractivity contribution in [1.29, 1.82) is 0 Å². The summed E-state index contributed by atoms with van der Waals surface area (Å²) in [6, 6.07) is 10.7. The van der Waals surface area contributed by atoms with Crippen LogP contribution in [0.25, 0.3) is 0 Å². The second kappa shape index (κ2) is 7.44. The van der Waals surface area contributed by atoms with Gasteiger partial charge in [0.1, 0.15) is 11.6 Å². The van der Waals surface area contributed by atoms with E-state index in [9.17, 15) is 9.59 Å². The van der Waals surface area contributed by atoms with Gasteiger partial charge in [0.05, 0.1) is 0 Å². The Hall–Kier alpha value is -2.41. The topological polar surface area (TPSA) is 71.5 Å². The first-order valence-electron chi connectivity index (χ1n) is 7.56. The summed E-state index contributed by atoms with van der Waals surface area (Å²) in [5, 5.41) is 2.65. The van der Waals surface area contributed by atoms with Gasteiger partial charge in [0.15, 0.2) is 6.61 Å². The van der Waals surface area contributed by atoms with E-state index in [1.807, 2.05) is 12.1 Å². The SMILES string of the molecule is O=C(COc1ccc(N2CCCC2=O)cc1)Nc1ccc(Br)cn1. The van der Waals surface area contributed by atoms with Crippen molar-refractivity contribution in [3.63, 3.8) is 0 Å². The molecule has 0 saturated carbocycles. The van der Waals surface area contributed by atoms with Crippen LogP contribution in [0.4, 0.5) is 11.5 Å². The van der Waals surface area contributed by atoms with Crippen LogP contribution in [-0.4, -0.2) is 29.9 Å². The van der Waals surface area contributed by atoms with Gasteiger partial charge in [-0.15, -0.1) is 0 Å². The van der Waals surface area contributed by atoms with Crippen LogP contribution in [0.3, 0.4) is 0 Å². The van der Waals surface area contributed by atoms with E-state index in [0.29, 0.717) is 18.0 Å². The summed E-state index contributed by atoms with van der Waals surface area (Å²) < 4.78 is 6.30. The lowest BCUT2D eigenvalue weighted by atomic mass is 10.3. The molecule has 2 amide bonds. The zero-order chi connectivity index (χ0) is 16.9.